The molecule has 0 aromatic rings. The van der Waals surface area contributed by atoms with Gasteiger partial charge in [0.2, 0.25) is 17.7 Å². The van der Waals surface area contributed by atoms with Crippen LogP contribution in [0.3, 0.4) is 0 Å². The Hall–Kier alpha value is -1.43. The number of nitrogens with two attached hydrogens (primary N) is 1. The molecule has 1 heterocycles. The first-order valence-electron chi connectivity index (χ1n) is 4.79. The summed E-state index contributed by atoms with van der Waals surface area (Å²) in [6, 6.07) is -0.663. The van der Waals surface area contributed by atoms with Crippen LogP contribution >= 0.6 is 0 Å². The van der Waals surface area contributed by atoms with E-state index in [0.717, 1.165) is 0 Å². The van der Waals surface area contributed by atoms with E-state index in [-0.39, 0.29) is 24.9 Å². The summed E-state index contributed by atoms with van der Waals surface area (Å²) in [6.07, 6.45) is 0. The predicted molar refractivity (Wildman–Crippen MR) is 52.5 cm³/mol. The van der Waals surface area contributed by atoms with Gasteiger partial charge in [0.1, 0.15) is 13.1 Å². The largest absolute Gasteiger partial charge is 0.323 e. The molecule has 1 rings (SSSR count). The smallest absolute Gasteiger partial charge is 0.246 e. The number of hydrogen-bond donors (Lipinski definition) is 2. The third kappa shape index (κ3) is 2.76. The number of carbonyl (C=O) groups is 3. The quantitative estimate of drug-likeness (QED) is 0.543. The van der Waals surface area contributed by atoms with Gasteiger partial charge in [-0.3, -0.25) is 19.7 Å². The van der Waals surface area contributed by atoms with Crippen molar-refractivity contribution in [3.63, 3.8) is 0 Å². The van der Waals surface area contributed by atoms with Gasteiger partial charge in [0, 0.05) is 0 Å². The van der Waals surface area contributed by atoms with Crippen LogP contribution in [0.5, 0.6) is 0 Å². The number of nitrogens with one attached hydrogen (secondary N) is 1. The van der Waals surface area contributed by atoms with Gasteiger partial charge < -0.3 is 10.6 Å². The SMILES string of the molecule is CC(C)[C@@H](N)C(=O)N1CC(=O)NC(=O)C1. The van der Waals surface area contributed by atoms with Gasteiger partial charge in [-0.15, -0.1) is 0 Å². The van der Waals surface area contributed by atoms with Crippen molar-refractivity contribution in [2.24, 2.45) is 11.7 Å². The highest BCUT2D eigenvalue weighted by atomic mass is 16.2. The Morgan fingerprint density at radius 3 is 2.20 bits per heavy atom. The number of amides is 3. The fourth-order valence-electron chi connectivity index (χ4n) is 1.29. The second kappa shape index (κ2) is 4.39. The lowest BCUT2D eigenvalue weighted by Gasteiger charge is -2.28. The Morgan fingerprint density at radius 2 is 1.80 bits per heavy atom. The van der Waals surface area contributed by atoms with E-state index in [1.807, 2.05) is 13.8 Å². The molecule has 0 radical (unpaired) electrons. The highest BCUT2D eigenvalue weighted by Gasteiger charge is 2.30. The molecule has 1 aliphatic rings. The summed E-state index contributed by atoms with van der Waals surface area (Å²) < 4.78 is 0. The number of carbonyl (C=O) groups excluding carboxylic acids is 3. The summed E-state index contributed by atoms with van der Waals surface area (Å²) >= 11 is 0. The summed E-state index contributed by atoms with van der Waals surface area (Å²) in [4.78, 5) is 34.9. The third-order valence-corrected chi connectivity index (χ3v) is 2.26. The van der Waals surface area contributed by atoms with Gasteiger partial charge in [-0.2, -0.15) is 0 Å². The predicted octanol–water partition coefficient (Wildman–Crippen LogP) is -1.55. The van der Waals surface area contributed by atoms with Crippen LogP contribution in [0.1, 0.15) is 13.8 Å². The van der Waals surface area contributed by atoms with Crippen molar-refractivity contribution in [1.29, 1.82) is 0 Å². The van der Waals surface area contributed by atoms with Crippen molar-refractivity contribution >= 4 is 17.7 Å². The number of piperazine rings is 1. The van der Waals surface area contributed by atoms with Crippen LogP contribution in [-0.2, 0) is 14.4 Å². The Bertz CT molecular complexity index is 285. The van der Waals surface area contributed by atoms with E-state index in [1.54, 1.807) is 0 Å². The Morgan fingerprint density at radius 1 is 1.33 bits per heavy atom. The number of hydrogen-bond acceptors (Lipinski definition) is 4. The minimum atomic E-state index is -0.663. The first-order valence-corrected chi connectivity index (χ1v) is 4.79. The molecule has 1 aliphatic heterocycles. The molecule has 0 aromatic carbocycles. The van der Waals surface area contributed by atoms with Crippen LogP contribution in [0.4, 0.5) is 0 Å². The van der Waals surface area contributed by atoms with E-state index in [2.05, 4.69) is 5.32 Å². The second-order valence-corrected chi connectivity index (χ2v) is 3.94. The maximum Gasteiger partial charge on any atom is 0.246 e. The van der Waals surface area contributed by atoms with Gasteiger partial charge in [-0.05, 0) is 5.92 Å². The van der Waals surface area contributed by atoms with Crippen LogP contribution in [0, 0.1) is 5.92 Å². The Balaban J connectivity index is 2.67. The minimum Gasteiger partial charge on any atom is -0.323 e. The van der Waals surface area contributed by atoms with Crippen molar-refractivity contribution < 1.29 is 14.4 Å². The summed E-state index contributed by atoms with van der Waals surface area (Å²) in [5.74, 6) is -1.29. The molecule has 0 saturated carbocycles. The van der Waals surface area contributed by atoms with Crippen LogP contribution in [0.2, 0.25) is 0 Å². The molecule has 0 aromatic heterocycles. The molecular weight excluding hydrogens is 198 g/mol. The van der Waals surface area contributed by atoms with Gasteiger partial charge in [0.05, 0.1) is 6.04 Å². The molecule has 1 fully saturated rings. The van der Waals surface area contributed by atoms with Crippen LogP contribution in [-0.4, -0.2) is 41.8 Å². The van der Waals surface area contributed by atoms with Crippen molar-refractivity contribution in [1.82, 2.24) is 10.2 Å². The third-order valence-electron chi connectivity index (χ3n) is 2.26. The minimum absolute atomic E-state index is 0.0161. The highest BCUT2D eigenvalue weighted by molar-refractivity contribution is 6.03. The lowest BCUT2D eigenvalue weighted by molar-refractivity contribution is -0.146. The molecule has 0 aliphatic carbocycles. The zero-order valence-corrected chi connectivity index (χ0v) is 8.82. The fraction of sp³-hybridized carbons (Fsp3) is 0.667. The average molecular weight is 213 g/mol. The number of imide groups is 1. The average Bonchev–Trinajstić information content (AvgIpc) is 2.13. The fourth-order valence-corrected chi connectivity index (χ4v) is 1.29. The molecule has 0 unspecified atom stereocenters. The summed E-state index contributed by atoms with van der Waals surface area (Å²) in [7, 11) is 0. The summed E-state index contributed by atoms with van der Waals surface area (Å²) in [5, 5.41) is 2.12. The number of rotatable bonds is 2. The zero-order chi connectivity index (χ0) is 11.6. The monoisotopic (exact) mass is 213 g/mol. The molecule has 1 saturated heterocycles. The second-order valence-electron chi connectivity index (χ2n) is 3.94. The molecular formula is C9H15N3O3. The molecule has 1 atom stereocenters. The maximum absolute atomic E-state index is 11.7. The van der Waals surface area contributed by atoms with Gasteiger partial charge >= 0.3 is 0 Å². The first kappa shape index (κ1) is 11.6. The number of nitrogens with zero attached hydrogens (tertiary/aromatic N) is 1. The van der Waals surface area contributed by atoms with E-state index in [9.17, 15) is 14.4 Å². The van der Waals surface area contributed by atoms with E-state index < -0.39 is 17.9 Å². The van der Waals surface area contributed by atoms with Crippen molar-refractivity contribution in [2.45, 2.75) is 19.9 Å². The molecule has 0 bridgehead atoms. The van der Waals surface area contributed by atoms with E-state index >= 15 is 0 Å². The molecule has 6 nitrogen and oxygen atoms in total. The Kier molecular flexibility index (Phi) is 3.41. The van der Waals surface area contributed by atoms with Gasteiger partial charge in [0.15, 0.2) is 0 Å². The van der Waals surface area contributed by atoms with E-state index in [0.29, 0.717) is 0 Å². The van der Waals surface area contributed by atoms with Crippen molar-refractivity contribution in [2.75, 3.05) is 13.1 Å². The first-order chi connectivity index (χ1) is 6.91. The standard InChI is InChI=1S/C9H15N3O3/c1-5(2)8(10)9(15)12-3-6(13)11-7(14)4-12/h5,8H,3-4,10H2,1-2H3,(H,11,13,14)/t8-/m1/s1. The van der Waals surface area contributed by atoms with Crippen LogP contribution in [0.25, 0.3) is 0 Å². The summed E-state index contributed by atoms with van der Waals surface area (Å²) in [5.41, 5.74) is 5.65. The molecule has 15 heavy (non-hydrogen) atoms. The van der Waals surface area contributed by atoms with E-state index in [1.165, 1.54) is 4.90 Å². The normalized spacial score (nSPS) is 19.1. The molecule has 84 valence electrons. The van der Waals surface area contributed by atoms with Crippen molar-refractivity contribution in [3.05, 3.63) is 0 Å². The molecule has 3 N–H and O–H groups in total. The topological polar surface area (TPSA) is 92.5 Å². The lowest BCUT2D eigenvalue weighted by Crippen LogP contribution is -2.57. The summed E-state index contributed by atoms with van der Waals surface area (Å²) in [6.45, 7) is 3.44. The maximum atomic E-state index is 11.7. The molecule has 6 heteroatoms. The highest BCUT2D eigenvalue weighted by Crippen LogP contribution is 2.05. The van der Waals surface area contributed by atoms with Gasteiger partial charge in [0.25, 0.3) is 0 Å². The van der Waals surface area contributed by atoms with Crippen molar-refractivity contribution in [3.8, 4) is 0 Å². The van der Waals surface area contributed by atoms with Gasteiger partial charge in [-0.25, -0.2) is 0 Å². The van der Waals surface area contributed by atoms with E-state index in [4.69, 9.17) is 5.73 Å². The van der Waals surface area contributed by atoms with Crippen LogP contribution in [0.15, 0.2) is 0 Å². The molecule has 0 spiro atoms. The zero-order valence-electron chi connectivity index (χ0n) is 8.82. The Labute approximate surface area is 87.8 Å². The van der Waals surface area contributed by atoms with Crippen LogP contribution < -0.4 is 11.1 Å². The van der Waals surface area contributed by atoms with Gasteiger partial charge in [-0.1, -0.05) is 13.8 Å². The molecule has 3 amide bonds. The lowest BCUT2D eigenvalue weighted by atomic mass is 10.0.